The third-order valence-corrected chi connectivity index (χ3v) is 3.11. The molecule has 0 bridgehead atoms. The van der Waals surface area contributed by atoms with Gasteiger partial charge in [0.15, 0.2) is 23.1 Å². The van der Waals surface area contributed by atoms with E-state index in [0.717, 1.165) is 5.56 Å². The molecule has 2 aromatic rings. The van der Waals surface area contributed by atoms with Gasteiger partial charge in [-0.25, -0.2) is 4.98 Å². The van der Waals surface area contributed by atoms with E-state index in [0.29, 0.717) is 17.4 Å². The quantitative estimate of drug-likeness (QED) is 0.915. The molecule has 1 aromatic carbocycles. The third-order valence-electron chi connectivity index (χ3n) is 3.11. The first kappa shape index (κ1) is 14.9. The fourth-order valence-electron chi connectivity index (χ4n) is 1.94. The Balaban J connectivity index is 2.13. The van der Waals surface area contributed by atoms with E-state index in [2.05, 4.69) is 10.3 Å². The highest BCUT2D eigenvalue weighted by Gasteiger charge is 2.16. The number of benzene rings is 1. The molecule has 0 aliphatic rings. The Morgan fingerprint density at radius 1 is 1.29 bits per heavy atom. The van der Waals surface area contributed by atoms with Crippen molar-refractivity contribution in [3.8, 4) is 11.5 Å². The molecule has 6 nitrogen and oxygen atoms in total. The van der Waals surface area contributed by atoms with Gasteiger partial charge in [0.05, 0.1) is 20.3 Å². The molecule has 1 atom stereocenters. The predicted octanol–water partition coefficient (Wildman–Crippen LogP) is 2.49. The Morgan fingerprint density at radius 3 is 2.57 bits per heavy atom. The number of oxazole rings is 1. The zero-order valence-corrected chi connectivity index (χ0v) is 12.5. The highest BCUT2D eigenvalue weighted by molar-refractivity contribution is 5.92. The van der Waals surface area contributed by atoms with E-state index in [9.17, 15) is 4.79 Å². The highest BCUT2D eigenvalue weighted by Crippen LogP contribution is 2.29. The first-order valence-electron chi connectivity index (χ1n) is 6.50. The summed E-state index contributed by atoms with van der Waals surface area (Å²) in [5.41, 5.74) is 1.17. The smallest absolute Gasteiger partial charge is 0.273 e. The summed E-state index contributed by atoms with van der Waals surface area (Å²) >= 11 is 0. The van der Waals surface area contributed by atoms with Crippen LogP contribution in [-0.2, 0) is 0 Å². The van der Waals surface area contributed by atoms with Crippen LogP contribution >= 0.6 is 0 Å². The van der Waals surface area contributed by atoms with Gasteiger partial charge in [-0.15, -0.1) is 0 Å². The Morgan fingerprint density at radius 2 is 2.00 bits per heavy atom. The summed E-state index contributed by atoms with van der Waals surface area (Å²) < 4.78 is 15.5. The zero-order chi connectivity index (χ0) is 15.4. The molecule has 1 N–H and O–H groups in total. The Kier molecular flexibility index (Phi) is 4.47. The Bertz CT molecular complexity index is 636. The van der Waals surface area contributed by atoms with Crippen molar-refractivity contribution in [3.05, 3.63) is 41.6 Å². The Hall–Kier alpha value is -2.50. The summed E-state index contributed by atoms with van der Waals surface area (Å²) in [6, 6.07) is 5.31. The molecule has 0 radical (unpaired) electrons. The van der Waals surface area contributed by atoms with Crippen LogP contribution in [0.5, 0.6) is 11.5 Å². The van der Waals surface area contributed by atoms with Crippen molar-refractivity contribution < 1.29 is 18.7 Å². The molecule has 112 valence electrons. The van der Waals surface area contributed by atoms with Crippen LogP contribution in [0.25, 0.3) is 0 Å². The minimum atomic E-state index is -0.283. The van der Waals surface area contributed by atoms with Gasteiger partial charge in [0.25, 0.3) is 5.91 Å². The van der Waals surface area contributed by atoms with E-state index < -0.39 is 0 Å². The van der Waals surface area contributed by atoms with Gasteiger partial charge in [0.2, 0.25) is 0 Å². The average molecular weight is 290 g/mol. The number of rotatable bonds is 5. The number of carbonyl (C=O) groups is 1. The van der Waals surface area contributed by atoms with Crippen LogP contribution in [0.3, 0.4) is 0 Å². The maximum Gasteiger partial charge on any atom is 0.273 e. The maximum atomic E-state index is 12.0. The molecule has 1 aromatic heterocycles. The fraction of sp³-hybridized carbons (Fsp3) is 0.333. The van der Waals surface area contributed by atoms with E-state index >= 15 is 0 Å². The number of aromatic nitrogens is 1. The van der Waals surface area contributed by atoms with E-state index in [-0.39, 0.29) is 17.6 Å². The summed E-state index contributed by atoms with van der Waals surface area (Å²) in [4.78, 5) is 16.0. The first-order chi connectivity index (χ1) is 10.0. The largest absolute Gasteiger partial charge is 0.493 e. The van der Waals surface area contributed by atoms with Crippen LogP contribution in [0.15, 0.2) is 28.9 Å². The fourth-order valence-corrected chi connectivity index (χ4v) is 1.94. The SMILES string of the molecule is COc1ccc(C(C)NC(=O)c2coc(C)n2)cc1OC. The number of hydrogen-bond donors (Lipinski definition) is 1. The molecule has 2 rings (SSSR count). The van der Waals surface area contributed by atoms with Gasteiger partial charge >= 0.3 is 0 Å². The lowest BCUT2D eigenvalue weighted by Gasteiger charge is -2.15. The standard InChI is InChI=1S/C15H18N2O4/c1-9(16-15(18)12-8-21-10(2)17-12)11-5-6-13(19-3)14(7-11)20-4/h5-9H,1-4H3,(H,16,18). The van der Waals surface area contributed by atoms with Crippen LogP contribution in [0.1, 0.15) is 34.9 Å². The van der Waals surface area contributed by atoms with Crippen molar-refractivity contribution in [3.63, 3.8) is 0 Å². The second-order valence-corrected chi connectivity index (χ2v) is 4.56. The summed E-state index contributed by atoms with van der Waals surface area (Å²) in [5, 5.41) is 2.86. The summed E-state index contributed by atoms with van der Waals surface area (Å²) in [6.07, 6.45) is 1.34. The lowest BCUT2D eigenvalue weighted by atomic mass is 10.1. The normalized spacial score (nSPS) is 11.8. The van der Waals surface area contributed by atoms with Crippen molar-refractivity contribution in [2.45, 2.75) is 19.9 Å². The van der Waals surface area contributed by atoms with Crippen molar-refractivity contribution in [2.75, 3.05) is 14.2 Å². The lowest BCUT2D eigenvalue weighted by molar-refractivity contribution is 0.0934. The van der Waals surface area contributed by atoms with E-state index in [4.69, 9.17) is 13.9 Å². The summed E-state index contributed by atoms with van der Waals surface area (Å²) in [5.74, 6) is 1.44. The topological polar surface area (TPSA) is 73.6 Å². The number of hydrogen-bond acceptors (Lipinski definition) is 5. The Labute approximate surface area is 123 Å². The summed E-state index contributed by atoms with van der Waals surface area (Å²) in [7, 11) is 3.15. The van der Waals surface area contributed by atoms with E-state index in [1.807, 2.05) is 19.1 Å². The molecule has 0 aliphatic carbocycles. The van der Waals surface area contributed by atoms with E-state index in [1.165, 1.54) is 6.26 Å². The van der Waals surface area contributed by atoms with Gasteiger partial charge in [0.1, 0.15) is 6.26 Å². The second-order valence-electron chi connectivity index (χ2n) is 4.56. The summed E-state index contributed by atoms with van der Waals surface area (Å²) in [6.45, 7) is 3.57. The van der Waals surface area contributed by atoms with Gasteiger partial charge in [-0.3, -0.25) is 4.79 Å². The molecular weight excluding hydrogens is 272 g/mol. The minimum absolute atomic E-state index is 0.200. The van der Waals surface area contributed by atoms with Crippen LogP contribution < -0.4 is 14.8 Å². The predicted molar refractivity (Wildman–Crippen MR) is 76.7 cm³/mol. The molecule has 0 aliphatic heterocycles. The second kappa shape index (κ2) is 6.30. The van der Waals surface area contributed by atoms with Gasteiger partial charge in [-0.05, 0) is 24.6 Å². The molecule has 1 heterocycles. The van der Waals surface area contributed by atoms with Crippen molar-refractivity contribution in [2.24, 2.45) is 0 Å². The molecule has 0 saturated heterocycles. The first-order valence-corrected chi connectivity index (χ1v) is 6.50. The van der Waals surface area contributed by atoms with Gasteiger partial charge in [0, 0.05) is 6.92 Å². The third kappa shape index (κ3) is 3.34. The van der Waals surface area contributed by atoms with Gasteiger partial charge in [-0.2, -0.15) is 0 Å². The highest BCUT2D eigenvalue weighted by atomic mass is 16.5. The van der Waals surface area contributed by atoms with Crippen molar-refractivity contribution in [1.82, 2.24) is 10.3 Å². The zero-order valence-electron chi connectivity index (χ0n) is 12.5. The van der Waals surface area contributed by atoms with Crippen LogP contribution in [0.2, 0.25) is 0 Å². The number of amides is 1. The molecule has 0 saturated carbocycles. The van der Waals surface area contributed by atoms with Crippen molar-refractivity contribution >= 4 is 5.91 Å². The molecule has 0 fully saturated rings. The molecule has 0 spiro atoms. The maximum absolute atomic E-state index is 12.0. The van der Waals surface area contributed by atoms with Crippen LogP contribution in [-0.4, -0.2) is 25.1 Å². The van der Waals surface area contributed by atoms with E-state index in [1.54, 1.807) is 27.2 Å². The number of ether oxygens (including phenoxy) is 2. The minimum Gasteiger partial charge on any atom is -0.493 e. The van der Waals surface area contributed by atoms with Crippen LogP contribution in [0, 0.1) is 6.92 Å². The molecule has 21 heavy (non-hydrogen) atoms. The molecule has 6 heteroatoms. The molecular formula is C15H18N2O4. The number of methoxy groups -OCH3 is 2. The monoisotopic (exact) mass is 290 g/mol. The number of nitrogens with one attached hydrogen (secondary N) is 1. The van der Waals surface area contributed by atoms with Gasteiger partial charge < -0.3 is 19.2 Å². The number of carbonyl (C=O) groups excluding carboxylic acids is 1. The number of nitrogens with zero attached hydrogens (tertiary/aromatic N) is 1. The van der Waals surface area contributed by atoms with Crippen molar-refractivity contribution in [1.29, 1.82) is 0 Å². The lowest BCUT2D eigenvalue weighted by Crippen LogP contribution is -2.26. The number of aryl methyl sites for hydroxylation is 1. The van der Waals surface area contributed by atoms with Crippen LogP contribution in [0.4, 0.5) is 0 Å². The molecule has 1 amide bonds. The van der Waals surface area contributed by atoms with Gasteiger partial charge in [-0.1, -0.05) is 6.07 Å². The average Bonchev–Trinajstić information content (AvgIpc) is 2.93. The molecule has 1 unspecified atom stereocenters.